The fourth-order valence-electron chi connectivity index (χ4n) is 1.41. The molecule has 0 fully saturated rings. The smallest absolute Gasteiger partial charge is 0.126 e. The van der Waals surface area contributed by atoms with Gasteiger partial charge >= 0.3 is 0 Å². The van der Waals surface area contributed by atoms with Crippen LogP contribution in [0.25, 0.3) is 5.69 Å². The van der Waals surface area contributed by atoms with Crippen LogP contribution in [-0.2, 0) is 0 Å². The predicted molar refractivity (Wildman–Crippen MR) is 59.3 cm³/mol. The lowest BCUT2D eigenvalue weighted by atomic mass is 10.2. The minimum absolute atomic E-state index is 0.0369. The van der Waals surface area contributed by atoms with E-state index in [-0.39, 0.29) is 5.84 Å². The van der Waals surface area contributed by atoms with E-state index in [2.05, 4.69) is 5.10 Å². The SMILES string of the molecule is Cc1ccccc1-n1cc(C(=N)N)cn1. The van der Waals surface area contributed by atoms with Crippen LogP contribution in [-0.4, -0.2) is 15.6 Å². The number of nitrogens with two attached hydrogens (primary N) is 1. The Morgan fingerprint density at radius 1 is 1.40 bits per heavy atom. The average molecular weight is 200 g/mol. The van der Waals surface area contributed by atoms with Gasteiger partial charge in [0.25, 0.3) is 0 Å². The third kappa shape index (κ3) is 1.74. The van der Waals surface area contributed by atoms with Crippen molar-refractivity contribution in [3.8, 4) is 5.69 Å². The van der Waals surface area contributed by atoms with Crippen molar-refractivity contribution in [2.45, 2.75) is 6.92 Å². The van der Waals surface area contributed by atoms with Crippen molar-refractivity contribution < 1.29 is 0 Å². The summed E-state index contributed by atoms with van der Waals surface area (Å²) < 4.78 is 1.73. The largest absolute Gasteiger partial charge is 0.384 e. The minimum atomic E-state index is 0.0369. The summed E-state index contributed by atoms with van der Waals surface area (Å²) in [6.45, 7) is 2.02. The molecule has 0 saturated heterocycles. The molecule has 2 aromatic rings. The number of benzene rings is 1. The van der Waals surface area contributed by atoms with Crippen molar-refractivity contribution in [3.05, 3.63) is 47.8 Å². The number of nitrogens with zero attached hydrogens (tertiary/aromatic N) is 2. The molecule has 0 bridgehead atoms. The van der Waals surface area contributed by atoms with Crippen LogP contribution in [0.5, 0.6) is 0 Å². The van der Waals surface area contributed by atoms with E-state index < -0.39 is 0 Å². The van der Waals surface area contributed by atoms with E-state index in [1.807, 2.05) is 31.2 Å². The van der Waals surface area contributed by atoms with Gasteiger partial charge in [0, 0.05) is 6.20 Å². The lowest BCUT2D eigenvalue weighted by Crippen LogP contribution is -2.09. The lowest BCUT2D eigenvalue weighted by Gasteiger charge is -2.04. The van der Waals surface area contributed by atoms with Gasteiger partial charge in [-0.05, 0) is 18.6 Å². The Balaban J connectivity index is 2.46. The molecule has 3 N–H and O–H groups in total. The second-order valence-corrected chi connectivity index (χ2v) is 3.37. The fourth-order valence-corrected chi connectivity index (χ4v) is 1.41. The lowest BCUT2D eigenvalue weighted by molar-refractivity contribution is 0.873. The average Bonchev–Trinajstić information content (AvgIpc) is 2.67. The summed E-state index contributed by atoms with van der Waals surface area (Å²) in [7, 11) is 0. The molecule has 0 radical (unpaired) electrons. The summed E-state index contributed by atoms with van der Waals surface area (Å²) >= 11 is 0. The first kappa shape index (κ1) is 9.45. The molecule has 0 aliphatic carbocycles. The zero-order valence-corrected chi connectivity index (χ0v) is 8.44. The van der Waals surface area contributed by atoms with Crippen LogP contribution in [0.3, 0.4) is 0 Å². The molecule has 0 aliphatic heterocycles. The Kier molecular flexibility index (Phi) is 2.25. The molecule has 4 nitrogen and oxygen atoms in total. The Morgan fingerprint density at radius 2 is 2.13 bits per heavy atom. The van der Waals surface area contributed by atoms with Crippen molar-refractivity contribution in [2.24, 2.45) is 5.73 Å². The highest BCUT2D eigenvalue weighted by Gasteiger charge is 2.04. The number of hydrogen-bond acceptors (Lipinski definition) is 2. The monoisotopic (exact) mass is 200 g/mol. The van der Waals surface area contributed by atoms with Crippen molar-refractivity contribution >= 4 is 5.84 Å². The van der Waals surface area contributed by atoms with E-state index in [0.717, 1.165) is 11.3 Å². The summed E-state index contributed by atoms with van der Waals surface area (Å²) in [6, 6.07) is 7.93. The van der Waals surface area contributed by atoms with E-state index >= 15 is 0 Å². The molecule has 1 heterocycles. The number of rotatable bonds is 2. The second-order valence-electron chi connectivity index (χ2n) is 3.37. The van der Waals surface area contributed by atoms with Gasteiger partial charge in [0.05, 0.1) is 17.4 Å². The Bertz CT molecular complexity index is 499. The number of nitrogen functional groups attached to an aromatic ring is 1. The number of para-hydroxylation sites is 1. The quantitative estimate of drug-likeness (QED) is 0.569. The number of aromatic nitrogens is 2. The number of hydrogen-bond donors (Lipinski definition) is 2. The first-order valence-corrected chi connectivity index (χ1v) is 4.63. The van der Waals surface area contributed by atoms with Gasteiger partial charge in [0.15, 0.2) is 0 Å². The zero-order valence-electron chi connectivity index (χ0n) is 8.44. The summed E-state index contributed by atoms with van der Waals surface area (Å²) in [4.78, 5) is 0. The highest BCUT2D eigenvalue weighted by Crippen LogP contribution is 2.12. The summed E-state index contributed by atoms with van der Waals surface area (Å²) in [5.74, 6) is 0.0369. The molecule has 76 valence electrons. The molecule has 4 heteroatoms. The second kappa shape index (κ2) is 3.57. The van der Waals surface area contributed by atoms with Crippen LogP contribution in [0.4, 0.5) is 0 Å². The molecule has 0 unspecified atom stereocenters. The maximum Gasteiger partial charge on any atom is 0.126 e. The molecule has 15 heavy (non-hydrogen) atoms. The van der Waals surface area contributed by atoms with Gasteiger partial charge in [-0.3, -0.25) is 5.41 Å². The van der Waals surface area contributed by atoms with Gasteiger partial charge in [0.1, 0.15) is 5.84 Å². The van der Waals surface area contributed by atoms with Gasteiger partial charge in [-0.2, -0.15) is 5.10 Å². The molecule has 1 aromatic heterocycles. The van der Waals surface area contributed by atoms with Crippen LogP contribution < -0.4 is 5.73 Å². The van der Waals surface area contributed by atoms with Crippen LogP contribution in [0.15, 0.2) is 36.7 Å². The van der Waals surface area contributed by atoms with Crippen LogP contribution in [0.2, 0.25) is 0 Å². The van der Waals surface area contributed by atoms with E-state index in [1.54, 1.807) is 17.1 Å². The van der Waals surface area contributed by atoms with Crippen LogP contribution in [0, 0.1) is 12.3 Å². The third-order valence-electron chi connectivity index (χ3n) is 2.26. The number of amidine groups is 1. The Hall–Kier alpha value is -2.10. The maximum atomic E-state index is 7.29. The predicted octanol–water partition coefficient (Wildman–Crippen LogP) is 1.46. The van der Waals surface area contributed by atoms with Crippen molar-refractivity contribution in [2.75, 3.05) is 0 Å². The minimum Gasteiger partial charge on any atom is -0.384 e. The molecule has 0 aliphatic rings. The molecule has 0 spiro atoms. The Morgan fingerprint density at radius 3 is 2.73 bits per heavy atom. The fraction of sp³-hybridized carbons (Fsp3) is 0.0909. The molecule has 2 rings (SSSR count). The molecule has 1 aromatic carbocycles. The van der Waals surface area contributed by atoms with Crippen molar-refractivity contribution in [1.29, 1.82) is 5.41 Å². The Labute approximate surface area is 87.9 Å². The summed E-state index contributed by atoms with van der Waals surface area (Å²) in [6.07, 6.45) is 3.35. The number of aryl methyl sites for hydroxylation is 1. The molecule has 0 atom stereocenters. The zero-order chi connectivity index (χ0) is 10.8. The highest BCUT2D eigenvalue weighted by molar-refractivity contribution is 5.94. The van der Waals surface area contributed by atoms with Crippen molar-refractivity contribution in [3.63, 3.8) is 0 Å². The topological polar surface area (TPSA) is 67.7 Å². The highest BCUT2D eigenvalue weighted by atomic mass is 15.3. The normalized spacial score (nSPS) is 10.2. The van der Waals surface area contributed by atoms with Gasteiger partial charge in [-0.1, -0.05) is 18.2 Å². The molecule has 0 amide bonds. The summed E-state index contributed by atoms with van der Waals surface area (Å²) in [5.41, 5.74) is 8.15. The van der Waals surface area contributed by atoms with Gasteiger partial charge in [0.2, 0.25) is 0 Å². The van der Waals surface area contributed by atoms with E-state index in [4.69, 9.17) is 11.1 Å². The van der Waals surface area contributed by atoms with Crippen LogP contribution >= 0.6 is 0 Å². The third-order valence-corrected chi connectivity index (χ3v) is 2.26. The maximum absolute atomic E-state index is 7.29. The first-order chi connectivity index (χ1) is 7.18. The van der Waals surface area contributed by atoms with Gasteiger partial charge in [-0.25, -0.2) is 4.68 Å². The molecular weight excluding hydrogens is 188 g/mol. The van der Waals surface area contributed by atoms with Gasteiger partial charge in [-0.15, -0.1) is 0 Å². The van der Waals surface area contributed by atoms with Crippen LogP contribution in [0.1, 0.15) is 11.1 Å². The van der Waals surface area contributed by atoms with Crippen molar-refractivity contribution in [1.82, 2.24) is 9.78 Å². The van der Waals surface area contributed by atoms with E-state index in [0.29, 0.717) is 5.56 Å². The summed E-state index contributed by atoms with van der Waals surface area (Å²) in [5, 5.41) is 11.5. The standard InChI is InChI=1S/C11H12N4/c1-8-4-2-3-5-10(8)15-7-9(6-14-15)11(12)13/h2-7H,1H3,(H3,12,13). The van der Waals surface area contributed by atoms with E-state index in [9.17, 15) is 0 Å². The molecule has 0 saturated carbocycles. The first-order valence-electron chi connectivity index (χ1n) is 4.63. The van der Waals surface area contributed by atoms with E-state index in [1.165, 1.54) is 0 Å². The number of nitrogens with one attached hydrogen (secondary N) is 1. The van der Waals surface area contributed by atoms with Gasteiger partial charge < -0.3 is 5.73 Å². The molecular formula is C11H12N4.